The second-order valence-electron chi connectivity index (χ2n) is 5.65. The van der Waals surface area contributed by atoms with Crippen LogP contribution in [0.2, 0.25) is 0 Å². The molecule has 20 heavy (non-hydrogen) atoms. The summed E-state index contributed by atoms with van der Waals surface area (Å²) in [6.45, 7) is 11.7. The third-order valence-electron chi connectivity index (χ3n) is 3.56. The fourth-order valence-electron chi connectivity index (χ4n) is 2.63. The van der Waals surface area contributed by atoms with Crippen molar-refractivity contribution in [2.24, 2.45) is 0 Å². The maximum absolute atomic E-state index is 4.62. The van der Waals surface area contributed by atoms with E-state index in [2.05, 4.69) is 60.9 Å². The Morgan fingerprint density at radius 2 is 1.75 bits per heavy atom. The number of rotatable bonds is 5. The minimum absolute atomic E-state index is 0.950. The van der Waals surface area contributed by atoms with Gasteiger partial charge < -0.3 is 9.88 Å². The van der Waals surface area contributed by atoms with Gasteiger partial charge in [0.15, 0.2) is 0 Å². The lowest BCUT2D eigenvalue weighted by atomic mass is 10.1. The maximum Gasteiger partial charge on any atom is 0.207 e. The van der Waals surface area contributed by atoms with E-state index in [4.69, 9.17) is 0 Å². The molecule has 0 radical (unpaired) electrons. The highest BCUT2D eigenvalue weighted by molar-refractivity contribution is 5.64. The number of hydrogen-bond donors (Lipinski definition) is 1. The van der Waals surface area contributed by atoms with Gasteiger partial charge in [-0.25, -0.2) is 4.98 Å². The standard InChI is InChI=1S/C17H25N3/c1-6-7-8-20-11-15(5)18-17(20)19-16-13(3)9-12(2)10-14(16)4/h9-11H,6-8H2,1-5H3,(H,18,19). The first-order valence-electron chi connectivity index (χ1n) is 7.40. The minimum atomic E-state index is 0.950. The first kappa shape index (κ1) is 14.6. The minimum Gasteiger partial charge on any atom is -0.325 e. The van der Waals surface area contributed by atoms with Gasteiger partial charge in [0.05, 0.1) is 5.69 Å². The number of aryl methyl sites for hydroxylation is 5. The number of imidazole rings is 1. The predicted octanol–water partition coefficient (Wildman–Crippen LogP) is 4.66. The van der Waals surface area contributed by atoms with Crippen molar-refractivity contribution in [3.05, 3.63) is 40.7 Å². The van der Waals surface area contributed by atoms with Crippen molar-refractivity contribution < 1.29 is 0 Å². The largest absolute Gasteiger partial charge is 0.325 e. The van der Waals surface area contributed by atoms with E-state index in [0.717, 1.165) is 18.2 Å². The average Bonchev–Trinajstić information content (AvgIpc) is 2.71. The van der Waals surface area contributed by atoms with Gasteiger partial charge in [-0.2, -0.15) is 0 Å². The van der Waals surface area contributed by atoms with Crippen molar-refractivity contribution in [1.29, 1.82) is 0 Å². The van der Waals surface area contributed by atoms with Crippen molar-refractivity contribution in [2.75, 3.05) is 5.32 Å². The summed E-state index contributed by atoms with van der Waals surface area (Å²) < 4.78 is 2.22. The Morgan fingerprint density at radius 3 is 2.35 bits per heavy atom. The molecule has 1 N–H and O–H groups in total. The normalized spacial score (nSPS) is 10.8. The van der Waals surface area contributed by atoms with Crippen LogP contribution in [0.25, 0.3) is 0 Å². The molecule has 0 spiro atoms. The molecule has 1 heterocycles. The number of hydrogen-bond acceptors (Lipinski definition) is 2. The zero-order chi connectivity index (χ0) is 14.7. The summed E-state index contributed by atoms with van der Waals surface area (Å²) in [7, 11) is 0. The van der Waals surface area contributed by atoms with E-state index in [1.807, 2.05) is 6.92 Å². The molecule has 3 heteroatoms. The lowest BCUT2D eigenvalue weighted by molar-refractivity contribution is 0.637. The number of nitrogens with one attached hydrogen (secondary N) is 1. The summed E-state index contributed by atoms with van der Waals surface area (Å²) in [6.07, 6.45) is 4.49. The van der Waals surface area contributed by atoms with Crippen molar-refractivity contribution >= 4 is 11.6 Å². The first-order chi connectivity index (χ1) is 9.51. The molecular formula is C17H25N3. The molecule has 1 aromatic carbocycles. The highest BCUT2D eigenvalue weighted by atomic mass is 15.2. The van der Waals surface area contributed by atoms with Gasteiger partial charge in [0.25, 0.3) is 0 Å². The molecular weight excluding hydrogens is 246 g/mol. The van der Waals surface area contributed by atoms with Crippen LogP contribution < -0.4 is 5.32 Å². The SMILES string of the molecule is CCCCn1cc(C)nc1Nc1c(C)cc(C)cc1C. The molecule has 0 amide bonds. The highest BCUT2D eigenvalue weighted by Gasteiger charge is 2.09. The number of unbranched alkanes of at least 4 members (excludes halogenated alkanes) is 1. The summed E-state index contributed by atoms with van der Waals surface area (Å²) in [5.74, 6) is 0.950. The van der Waals surface area contributed by atoms with Crippen LogP contribution in [0.3, 0.4) is 0 Å². The highest BCUT2D eigenvalue weighted by Crippen LogP contribution is 2.25. The average molecular weight is 271 g/mol. The predicted molar refractivity (Wildman–Crippen MR) is 85.8 cm³/mol. The lowest BCUT2D eigenvalue weighted by Gasteiger charge is -2.14. The van der Waals surface area contributed by atoms with Gasteiger partial charge in [-0.05, 0) is 45.2 Å². The molecule has 0 aliphatic rings. The summed E-state index contributed by atoms with van der Waals surface area (Å²) in [5.41, 5.74) is 6.08. The lowest BCUT2D eigenvalue weighted by Crippen LogP contribution is -2.05. The van der Waals surface area contributed by atoms with Crippen LogP contribution in [0.1, 0.15) is 42.1 Å². The molecule has 3 nitrogen and oxygen atoms in total. The summed E-state index contributed by atoms with van der Waals surface area (Å²) in [6, 6.07) is 4.42. The zero-order valence-corrected chi connectivity index (χ0v) is 13.2. The Labute approximate surface area is 122 Å². The number of nitrogens with zero attached hydrogens (tertiary/aromatic N) is 2. The third-order valence-corrected chi connectivity index (χ3v) is 3.56. The fourth-order valence-corrected chi connectivity index (χ4v) is 2.63. The van der Waals surface area contributed by atoms with Gasteiger partial charge in [0.1, 0.15) is 0 Å². The summed E-state index contributed by atoms with van der Waals surface area (Å²) in [5, 5.41) is 3.52. The third kappa shape index (κ3) is 3.21. The Hall–Kier alpha value is -1.77. The molecule has 2 aromatic rings. The van der Waals surface area contributed by atoms with Crippen LogP contribution in [0.5, 0.6) is 0 Å². The van der Waals surface area contributed by atoms with Gasteiger partial charge in [0, 0.05) is 18.4 Å². The van der Waals surface area contributed by atoms with Crippen molar-refractivity contribution in [2.45, 2.75) is 54.0 Å². The van der Waals surface area contributed by atoms with Crippen molar-refractivity contribution in [3.63, 3.8) is 0 Å². The van der Waals surface area contributed by atoms with Crippen LogP contribution in [0, 0.1) is 27.7 Å². The summed E-state index contributed by atoms with van der Waals surface area (Å²) in [4.78, 5) is 4.62. The Kier molecular flexibility index (Phi) is 4.48. The molecule has 0 bridgehead atoms. The van der Waals surface area contributed by atoms with Gasteiger partial charge in [-0.1, -0.05) is 31.0 Å². The monoisotopic (exact) mass is 271 g/mol. The van der Waals surface area contributed by atoms with E-state index in [1.54, 1.807) is 0 Å². The van der Waals surface area contributed by atoms with Crippen LogP contribution in [0.4, 0.5) is 11.6 Å². The molecule has 0 saturated carbocycles. The Morgan fingerprint density at radius 1 is 1.10 bits per heavy atom. The van der Waals surface area contributed by atoms with Crippen LogP contribution in [-0.4, -0.2) is 9.55 Å². The van der Waals surface area contributed by atoms with Crippen LogP contribution in [0.15, 0.2) is 18.3 Å². The number of benzene rings is 1. The molecule has 0 aliphatic carbocycles. The molecule has 0 atom stereocenters. The van der Waals surface area contributed by atoms with E-state index in [-0.39, 0.29) is 0 Å². The molecule has 0 fully saturated rings. The molecule has 0 saturated heterocycles. The molecule has 0 unspecified atom stereocenters. The molecule has 1 aromatic heterocycles. The van der Waals surface area contributed by atoms with Gasteiger partial charge in [-0.3, -0.25) is 0 Å². The van der Waals surface area contributed by atoms with Gasteiger partial charge in [-0.15, -0.1) is 0 Å². The first-order valence-corrected chi connectivity index (χ1v) is 7.40. The van der Waals surface area contributed by atoms with Crippen molar-refractivity contribution in [3.8, 4) is 0 Å². The van der Waals surface area contributed by atoms with E-state index in [1.165, 1.54) is 35.2 Å². The zero-order valence-electron chi connectivity index (χ0n) is 13.2. The van der Waals surface area contributed by atoms with Gasteiger partial charge in [0.2, 0.25) is 5.95 Å². The summed E-state index contributed by atoms with van der Waals surface area (Å²) >= 11 is 0. The van der Waals surface area contributed by atoms with E-state index in [0.29, 0.717) is 0 Å². The second kappa shape index (κ2) is 6.12. The van der Waals surface area contributed by atoms with Crippen LogP contribution in [-0.2, 0) is 6.54 Å². The second-order valence-corrected chi connectivity index (χ2v) is 5.65. The van der Waals surface area contributed by atoms with Crippen LogP contribution >= 0.6 is 0 Å². The quantitative estimate of drug-likeness (QED) is 0.857. The topological polar surface area (TPSA) is 29.9 Å². The fraction of sp³-hybridized carbons (Fsp3) is 0.471. The number of anilines is 2. The number of aromatic nitrogens is 2. The molecule has 108 valence electrons. The van der Waals surface area contributed by atoms with E-state index >= 15 is 0 Å². The Balaban J connectivity index is 2.30. The van der Waals surface area contributed by atoms with Crippen molar-refractivity contribution in [1.82, 2.24) is 9.55 Å². The van der Waals surface area contributed by atoms with E-state index < -0.39 is 0 Å². The van der Waals surface area contributed by atoms with Gasteiger partial charge >= 0.3 is 0 Å². The van der Waals surface area contributed by atoms with E-state index in [9.17, 15) is 0 Å². The smallest absolute Gasteiger partial charge is 0.207 e. The Bertz CT molecular complexity index is 573. The maximum atomic E-state index is 4.62. The molecule has 0 aliphatic heterocycles. The molecule has 2 rings (SSSR count).